The highest BCUT2D eigenvalue weighted by Gasteiger charge is 2.34. The van der Waals surface area contributed by atoms with Gasteiger partial charge in [-0.3, -0.25) is 9.59 Å². The van der Waals surface area contributed by atoms with Gasteiger partial charge in [0.05, 0.1) is 22.2 Å². The summed E-state index contributed by atoms with van der Waals surface area (Å²) in [6.45, 7) is 0. The molecule has 0 radical (unpaired) electrons. The second-order valence-electron chi connectivity index (χ2n) is 6.69. The number of hydrogen-bond donors (Lipinski definition) is 1. The molecule has 25 heavy (non-hydrogen) atoms. The second kappa shape index (κ2) is 6.39. The lowest BCUT2D eigenvalue weighted by Gasteiger charge is -2.20. The van der Waals surface area contributed by atoms with Crippen LogP contribution in [-0.4, -0.2) is 26.8 Å². The number of halogens is 2. The molecule has 0 bridgehead atoms. The van der Waals surface area contributed by atoms with Crippen LogP contribution in [0.5, 0.6) is 0 Å². The monoisotopic (exact) mass is 470 g/mol. The Morgan fingerprint density at radius 3 is 2.72 bits per heavy atom. The van der Waals surface area contributed by atoms with E-state index in [-0.39, 0.29) is 5.91 Å². The fourth-order valence-corrected chi connectivity index (χ4v) is 4.61. The lowest BCUT2D eigenvalue weighted by molar-refractivity contribution is -0.142. The average Bonchev–Trinajstić information content (AvgIpc) is 3.38. The minimum absolute atomic E-state index is 0.252. The van der Waals surface area contributed by atoms with Crippen molar-refractivity contribution in [1.29, 1.82) is 0 Å². The Bertz CT molecular complexity index is 889. The van der Waals surface area contributed by atoms with Crippen molar-refractivity contribution in [3.05, 3.63) is 49.3 Å². The fourth-order valence-electron chi connectivity index (χ4n) is 3.55. The molecule has 0 amide bonds. The molecule has 1 atom stereocenters. The first-order valence-corrected chi connectivity index (χ1v) is 9.75. The first-order chi connectivity index (χ1) is 12.0. The van der Waals surface area contributed by atoms with Crippen LogP contribution in [0.25, 0.3) is 0 Å². The lowest BCUT2D eigenvalue weighted by Crippen LogP contribution is -2.26. The van der Waals surface area contributed by atoms with Crippen LogP contribution in [-0.2, 0) is 17.6 Å². The molecule has 1 N–H and O–H groups in total. The van der Waals surface area contributed by atoms with Gasteiger partial charge >= 0.3 is 5.97 Å². The minimum Gasteiger partial charge on any atom is -0.481 e. The molecule has 0 saturated heterocycles. The zero-order valence-electron chi connectivity index (χ0n) is 13.3. The van der Waals surface area contributed by atoms with Gasteiger partial charge in [-0.05, 0) is 65.8 Å². The van der Waals surface area contributed by atoms with Gasteiger partial charge in [0.15, 0.2) is 0 Å². The van der Waals surface area contributed by atoms with E-state index in [0.29, 0.717) is 35.8 Å². The van der Waals surface area contributed by atoms with Crippen LogP contribution in [0.2, 0.25) is 5.02 Å². The van der Waals surface area contributed by atoms with Gasteiger partial charge in [0.1, 0.15) is 3.70 Å². The standard InChI is InChI=1S/C18H16ClIN2O3/c19-13-3-1-2-11(9-4-5-9)15(13)17(23)22-14-8-10(18(24)25)6-7-12(14)16(20)21-22/h1-3,9-10H,4-8H2,(H,24,25)/t10-/m0/s1. The first-order valence-electron chi connectivity index (χ1n) is 8.29. The molecule has 1 aromatic heterocycles. The third-order valence-corrected chi connectivity index (χ3v) is 6.22. The Kier molecular flexibility index (Phi) is 4.35. The van der Waals surface area contributed by atoms with Crippen LogP contribution in [0.3, 0.4) is 0 Å². The third kappa shape index (κ3) is 2.99. The quantitative estimate of drug-likeness (QED) is 0.691. The van der Waals surface area contributed by atoms with Crippen molar-refractivity contribution >= 4 is 46.1 Å². The van der Waals surface area contributed by atoms with Crippen molar-refractivity contribution in [3.8, 4) is 0 Å². The Morgan fingerprint density at radius 1 is 1.28 bits per heavy atom. The summed E-state index contributed by atoms with van der Waals surface area (Å²) < 4.78 is 2.16. The lowest BCUT2D eigenvalue weighted by atomic mass is 9.88. The van der Waals surface area contributed by atoms with Gasteiger partial charge in [0, 0.05) is 12.0 Å². The van der Waals surface area contributed by atoms with Gasteiger partial charge in [-0.25, -0.2) is 0 Å². The summed E-state index contributed by atoms with van der Waals surface area (Å²) in [5, 5.41) is 14.2. The molecule has 2 aromatic rings. The van der Waals surface area contributed by atoms with Gasteiger partial charge in [-0.1, -0.05) is 23.7 Å². The van der Waals surface area contributed by atoms with Gasteiger partial charge in [-0.2, -0.15) is 9.78 Å². The molecule has 1 heterocycles. The van der Waals surface area contributed by atoms with Crippen LogP contribution >= 0.6 is 34.2 Å². The number of benzene rings is 1. The molecule has 2 aliphatic carbocycles. The van der Waals surface area contributed by atoms with Gasteiger partial charge in [-0.15, -0.1) is 0 Å². The van der Waals surface area contributed by atoms with E-state index in [1.54, 1.807) is 6.07 Å². The largest absolute Gasteiger partial charge is 0.481 e. The first kappa shape index (κ1) is 17.0. The molecule has 0 spiro atoms. The van der Waals surface area contributed by atoms with E-state index in [1.165, 1.54) is 4.68 Å². The zero-order valence-corrected chi connectivity index (χ0v) is 16.2. The van der Waals surface area contributed by atoms with Crippen LogP contribution in [0, 0.1) is 9.62 Å². The summed E-state index contributed by atoms with van der Waals surface area (Å²) in [6, 6.07) is 5.55. The SMILES string of the molecule is O=C(O)[C@H]1CCc2c(I)nn(C(=O)c3c(Cl)cccc3C3CC3)c2C1. The molecule has 5 nitrogen and oxygen atoms in total. The second-order valence-corrected chi connectivity index (χ2v) is 8.12. The van der Waals surface area contributed by atoms with E-state index < -0.39 is 11.9 Å². The molecule has 1 saturated carbocycles. The van der Waals surface area contributed by atoms with Crippen molar-refractivity contribution in [3.63, 3.8) is 0 Å². The number of carboxylic acids is 1. The number of aliphatic carboxylic acids is 1. The maximum absolute atomic E-state index is 13.2. The van der Waals surface area contributed by atoms with Crippen molar-refractivity contribution in [2.24, 2.45) is 5.92 Å². The Labute approximate surface area is 163 Å². The summed E-state index contributed by atoms with van der Waals surface area (Å²) in [4.78, 5) is 24.6. The number of nitrogens with zero attached hydrogens (tertiary/aromatic N) is 2. The maximum atomic E-state index is 13.2. The number of aromatic nitrogens is 2. The van der Waals surface area contributed by atoms with Crippen molar-refractivity contribution in [2.45, 2.75) is 38.0 Å². The number of hydrogen-bond acceptors (Lipinski definition) is 3. The number of fused-ring (bicyclic) bond motifs is 1. The summed E-state index contributed by atoms with van der Waals surface area (Å²) in [5.41, 5.74) is 3.19. The molecule has 0 unspecified atom stereocenters. The summed E-state index contributed by atoms with van der Waals surface area (Å²) in [6.07, 6.45) is 3.68. The van der Waals surface area contributed by atoms with Crippen LogP contribution in [0.15, 0.2) is 18.2 Å². The number of carbonyl (C=O) groups is 2. The molecule has 2 aliphatic rings. The number of carbonyl (C=O) groups excluding carboxylic acids is 1. The molecule has 130 valence electrons. The van der Waals surface area contributed by atoms with E-state index in [4.69, 9.17) is 11.6 Å². The van der Waals surface area contributed by atoms with Crippen molar-refractivity contribution in [1.82, 2.24) is 9.78 Å². The zero-order chi connectivity index (χ0) is 17.7. The molecule has 1 fully saturated rings. The van der Waals surface area contributed by atoms with Crippen molar-refractivity contribution < 1.29 is 14.7 Å². The van der Waals surface area contributed by atoms with E-state index in [1.807, 2.05) is 12.1 Å². The van der Waals surface area contributed by atoms with Gasteiger partial charge in [0.2, 0.25) is 0 Å². The summed E-state index contributed by atoms with van der Waals surface area (Å²) in [5.74, 6) is -1.16. The van der Waals surface area contributed by atoms with E-state index >= 15 is 0 Å². The smallest absolute Gasteiger partial charge is 0.306 e. The van der Waals surface area contributed by atoms with Crippen LogP contribution in [0.4, 0.5) is 0 Å². The van der Waals surface area contributed by atoms with Crippen LogP contribution < -0.4 is 0 Å². The third-order valence-electron chi connectivity index (χ3n) is 5.04. The predicted octanol–water partition coefficient (Wildman–Crippen LogP) is 3.90. The Hall–Kier alpha value is -1.41. The fraction of sp³-hybridized carbons (Fsp3) is 0.389. The molecule has 1 aromatic carbocycles. The molecule has 0 aliphatic heterocycles. The number of rotatable bonds is 3. The molecule has 4 rings (SSSR count). The minimum atomic E-state index is -0.822. The summed E-state index contributed by atoms with van der Waals surface area (Å²) >= 11 is 8.48. The highest BCUT2D eigenvalue weighted by molar-refractivity contribution is 14.1. The average molecular weight is 471 g/mol. The van der Waals surface area contributed by atoms with E-state index in [9.17, 15) is 14.7 Å². The predicted molar refractivity (Wildman–Crippen MR) is 101 cm³/mol. The van der Waals surface area contributed by atoms with Gasteiger partial charge < -0.3 is 5.11 Å². The van der Waals surface area contributed by atoms with Crippen LogP contribution in [0.1, 0.15) is 52.4 Å². The molecular weight excluding hydrogens is 455 g/mol. The molecular formula is C18H16ClIN2O3. The Balaban J connectivity index is 1.79. The topological polar surface area (TPSA) is 72.2 Å². The van der Waals surface area contributed by atoms with Crippen molar-refractivity contribution in [2.75, 3.05) is 0 Å². The van der Waals surface area contributed by atoms with Gasteiger partial charge in [0.25, 0.3) is 5.91 Å². The summed E-state index contributed by atoms with van der Waals surface area (Å²) in [7, 11) is 0. The maximum Gasteiger partial charge on any atom is 0.306 e. The van der Waals surface area contributed by atoms with E-state index in [2.05, 4.69) is 27.7 Å². The normalized spacial score (nSPS) is 19.5. The molecule has 7 heteroatoms. The highest BCUT2D eigenvalue weighted by Crippen LogP contribution is 2.43. The van der Waals surface area contributed by atoms with E-state index in [0.717, 1.165) is 33.4 Å². The Morgan fingerprint density at radius 2 is 2.04 bits per heavy atom. The highest BCUT2D eigenvalue weighted by atomic mass is 127. The number of carboxylic acid groups (broad SMARTS) is 1.